The van der Waals surface area contributed by atoms with Crippen LogP contribution >= 0.6 is 0 Å². The third-order valence-corrected chi connectivity index (χ3v) is 6.04. The lowest BCUT2D eigenvalue weighted by molar-refractivity contribution is -0.151. The molecule has 0 saturated carbocycles. The van der Waals surface area contributed by atoms with Crippen LogP contribution in [0.25, 0.3) is 0 Å². The van der Waals surface area contributed by atoms with Crippen LogP contribution in [0, 0.1) is 6.92 Å². The fourth-order valence-corrected chi connectivity index (χ4v) is 3.75. The lowest BCUT2D eigenvalue weighted by Crippen LogP contribution is -2.37. The van der Waals surface area contributed by atoms with Crippen molar-refractivity contribution in [1.82, 2.24) is 9.62 Å². The molecule has 34 heavy (non-hydrogen) atoms. The van der Waals surface area contributed by atoms with Crippen molar-refractivity contribution in [2.45, 2.75) is 25.2 Å². The zero-order chi connectivity index (χ0) is 25.1. The summed E-state index contributed by atoms with van der Waals surface area (Å²) in [5.41, 5.74) is 1.66. The fraction of sp³-hybridized carbons (Fsp3) is 0.348. The van der Waals surface area contributed by atoms with E-state index in [1.807, 2.05) is 26.0 Å². The van der Waals surface area contributed by atoms with Crippen molar-refractivity contribution in [3.05, 3.63) is 54.1 Å². The van der Waals surface area contributed by atoms with Crippen LogP contribution in [0.4, 0.5) is 5.69 Å². The summed E-state index contributed by atoms with van der Waals surface area (Å²) in [7, 11) is -2.39. The maximum atomic E-state index is 12.3. The summed E-state index contributed by atoms with van der Waals surface area (Å²) in [6.07, 6.45) is -0.263. The first kappa shape index (κ1) is 26.8. The topological polar surface area (TPSA) is 131 Å². The smallest absolute Gasteiger partial charge is 0.307 e. The first-order valence-corrected chi connectivity index (χ1v) is 12.1. The van der Waals surface area contributed by atoms with E-state index in [9.17, 15) is 22.8 Å². The van der Waals surface area contributed by atoms with Crippen LogP contribution in [0.2, 0.25) is 0 Å². The number of sulfonamides is 1. The first-order chi connectivity index (χ1) is 16.1. The van der Waals surface area contributed by atoms with Gasteiger partial charge in [0, 0.05) is 19.3 Å². The van der Waals surface area contributed by atoms with Gasteiger partial charge in [-0.15, -0.1) is 0 Å². The summed E-state index contributed by atoms with van der Waals surface area (Å²) >= 11 is 0. The summed E-state index contributed by atoms with van der Waals surface area (Å²) in [6, 6.07) is 13.1. The van der Waals surface area contributed by atoms with Crippen molar-refractivity contribution >= 4 is 33.5 Å². The minimum absolute atomic E-state index is 0.0324. The van der Waals surface area contributed by atoms with Gasteiger partial charge in [-0.2, -0.15) is 0 Å². The lowest BCUT2D eigenvalue weighted by Gasteiger charge is -2.17. The highest BCUT2D eigenvalue weighted by atomic mass is 32.2. The number of amides is 2. The average molecular weight is 492 g/mol. The monoisotopic (exact) mass is 491 g/mol. The summed E-state index contributed by atoms with van der Waals surface area (Å²) in [5.74, 6) is -1.16. The van der Waals surface area contributed by atoms with Gasteiger partial charge in [0.25, 0.3) is 5.91 Å². The lowest BCUT2D eigenvalue weighted by atomic mass is 10.2. The number of hydrogen-bond acceptors (Lipinski definition) is 7. The predicted molar refractivity (Wildman–Crippen MR) is 126 cm³/mol. The van der Waals surface area contributed by atoms with E-state index in [-0.39, 0.29) is 24.4 Å². The van der Waals surface area contributed by atoms with Gasteiger partial charge >= 0.3 is 5.97 Å². The Morgan fingerprint density at radius 1 is 1.00 bits per heavy atom. The molecule has 184 valence electrons. The maximum Gasteiger partial charge on any atom is 0.307 e. The molecule has 0 fully saturated rings. The van der Waals surface area contributed by atoms with Crippen LogP contribution in [-0.4, -0.2) is 64.5 Å². The zero-order valence-electron chi connectivity index (χ0n) is 19.4. The third kappa shape index (κ3) is 8.83. The molecule has 0 atom stereocenters. The van der Waals surface area contributed by atoms with Crippen LogP contribution in [0.5, 0.6) is 5.75 Å². The Balaban J connectivity index is 1.70. The maximum absolute atomic E-state index is 12.3. The Kier molecular flexibility index (Phi) is 10.0. The number of likely N-dealkylation sites (N-methyl/N-ethyl adjacent to an activating group) is 1. The standard InChI is InChI=1S/C23H29N3O7S/c1-4-32-19-9-11-20(12-10-19)34(30,31)24-14-13-23(29)33-16-22(28)26(3)15-21(27)25-18-7-5-17(2)6-8-18/h5-12,24H,4,13-16H2,1-3H3,(H,25,27). The van der Waals surface area contributed by atoms with E-state index in [0.29, 0.717) is 18.0 Å². The highest BCUT2D eigenvalue weighted by molar-refractivity contribution is 7.89. The van der Waals surface area contributed by atoms with E-state index >= 15 is 0 Å². The molecule has 0 aliphatic rings. The Hall–Kier alpha value is -3.44. The molecule has 2 N–H and O–H groups in total. The molecular weight excluding hydrogens is 462 g/mol. The molecule has 2 aromatic rings. The summed E-state index contributed by atoms with van der Waals surface area (Å²) in [5, 5.41) is 2.67. The van der Waals surface area contributed by atoms with E-state index in [2.05, 4.69) is 10.0 Å². The normalized spacial score (nSPS) is 10.9. The minimum atomic E-state index is -3.81. The molecule has 2 rings (SSSR count). The minimum Gasteiger partial charge on any atom is -0.494 e. The van der Waals surface area contributed by atoms with Crippen LogP contribution in [0.3, 0.4) is 0 Å². The van der Waals surface area contributed by atoms with Crippen LogP contribution < -0.4 is 14.8 Å². The van der Waals surface area contributed by atoms with Crippen molar-refractivity contribution < 1.29 is 32.3 Å². The van der Waals surface area contributed by atoms with Gasteiger partial charge in [-0.3, -0.25) is 14.4 Å². The molecule has 0 aliphatic heterocycles. The predicted octanol–water partition coefficient (Wildman–Crippen LogP) is 1.70. The van der Waals surface area contributed by atoms with E-state index < -0.39 is 34.4 Å². The molecule has 0 heterocycles. The Morgan fingerprint density at radius 2 is 1.65 bits per heavy atom. The van der Waals surface area contributed by atoms with Crippen molar-refractivity contribution in [3.8, 4) is 5.75 Å². The van der Waals surface area contributed by atoms with Gasteiger partial charge in [0.1, 0.15) is 5.75 Å². The van der Waals surface area contributed by atoms with E-state index in [1.165, 1.54) is 31.3 Å². The Bertz CT molecular complexity index is 1080. The molecule has 0 radical (unpaired) electrons. The number of carbonyl (C=O) groups excluding carboxylic acids is 3. The number of esters is 1. The number of nitrogens with one attached hydrogen (secondary N) is 2. The van der Waals surface area contributed by atoms with Gasteiger partial charge in [0.2, 0.25) is 15.9 Å². The largest absolute Gasteiger partial charge is 0.494 e. The number of rotatable bonds is 12. The van der Waals surface area contributed by atoms with Crippen molar-refractivity contribution in [3.63, 3.8) is 0 Å². The van der Waals surface area contributed by atoms with Gasteiger partial charge in [-0.25, -0.2) is 13.1 Å². The second kappa shape index (κ2) is 12.7. The molecule has 2 aromatic carbocycles. The number of anilines is 1. The van der Waals surface area contributed by atoms with Crippen LogP contribution in [-0.2, 0) is 29.1 Å². The van der Waals surface area contributed by atoms with E-state index in [1.54, 1.807) is 12.1 Å². The second-order valence-electron chi connectivity index (χ2n) is 7.38. The SMILES string of the molecule is CCOc1ccc(S(=O)(=O)NCCC(=O)OCC(=O)N(C)CC(=O)Nc2ccc(C)cc2)cc1. The Labute approximate surface area is 199 Å². The summed E-state index contributed by atoms with van der Waals surface area (Å²) in [6.45, 7) is 3.24. The van der Waals surface area contributed by atoms with Crippen molar-refractivity contribution in [2.24, 2.45) is 0 Å². The van der Waals surface area contributed by atoms with E-state index in [4.69, 9.17) is 9.47 Å². The Morgan fingerprint density at radius 3 is 2.26 bits per heavy atom. The molecule has 2 amide bonds. The van der Waals surface area contributed by atoms with Crippen molar-refractivity contribution in [1.29, 1.82) is 0 Å². The fourth-order valence-electron chi connectivity index (χ4n) is 2.72. The van der Waals surface area contributed by atoms with Gasteiger partial charge in [0.05, 0.1) is 24.5 Å². The number of aryl methyl sites for hydroxylation is 1. The number of hydrogen-bond donors (Lipinski definition) is 2. The number of nitrogens with zero attached hydrogens (tertiary/aromatic N) is 1. The summed E-state index contributed by atoms with van der Waals surface area (Å²) in [4.78, 5) is 37.2. The van der Waals surface area contributed by atoms with Gasteiger partial charge < -0.3 is 19.7 Å². The molecule has 0 bridgehead atoms. The second-order valence-corrected chi connectivity index (χ2v) is 9.14. The molecule has 0 aliphatic carbocycles. The van der Waals surface area contributed by atoms with Gasteiger partial charge in [-0.05, 0) is 50.2 Å². The zero-order valence-corrected chi connectivity index (χ0v) is 20.2. The molecule has 11 heteroatoms. The molecule has 10 nitrogen and oxygen atoms in total. The average Bonchev–Trinajstić information content (AvgIpc) is 2.79. The van der Waals surface area contributed by atoms with E-state index in [0.717, 1.165) is 10.5 Å². The molecule has 0 unspecified atom stereocenters. The molecule has 0 saturated heterocycles. The molecule has 0 aromatic heterocycles. The quantitative estimate of drug-likeness (QED) is 0.432. The van der Waals surface area contributed by atoms with Crippen LogP contribution in [0.1, 0.15) is 18.9 Å². The number of carbonyl (C=O) groups is 3. The summed E-state index contributed by atoms with van der Waals surface area (Å²) < 4.78 is 37.0. The molecule has 0 spiro atoms. The third-order valence-electron chi connectivity index (χ3n) is 4.56. The molecular formula is C23H29N3O7S. The highest BCUT2D eigenvalue weighted by Gasteiger charge is 2.17. The van der Waals surface area contributed by atoms with Crippen molar-refractivity contribution in [2.75, 3.05) is 38.7 Å². The number of benzene rings is 2. The number of ether oxygens (including phenoxy) is 2. The van der Waals surface area contributed by atoms with Crippen LogP contribution in [0.15, 0.2) is 53.4 Å². The highest BCUT2D eigenvalue weighted by Crippen LogP contribution is 2.15. The van der Waals surface area contributed by atoms with Gasteiger partial charge in [0.15, 0.2) is 6.61 Å². The van der Waals surface area contributed by atoms with Gasteiger partial charge in [-0.1, -0.05) is 17.7 Å². The first-order valence-electron chi connectivity index (χ1n) is 10.6.